The standard InChI is InChI=1S/C16H25N3O4S/c1-2-17-9-10-18-16(20)13-5-7-15(8-6-13)24(21,22)19-12-14-4-3-11-23-14/h5-8,14,17,19H,2-4,9-12H2,1H3,(H,18,20). The molecule has 0 spiro atoms. The highest BCUT2D eigenvalue weighted by Gasteiger charge is 2.20. The lowest BCUT2D eigenvalue weighted by Gasteiger charge is -2.12. The fraction of sp³-hybridized carbons (Fsp3) is 0.562. The van der Waals surface area contributed by atoms with Crippen LogP contribution in [0.2, 0.25) is 0 Å². The number of carbonyl (C=O) groups excluding carboxylic acids is 1. The van der Waals surface area contributed by atoms with Crippen LogP contribution in [-0.2, 0) is 14.8 Å². The fourth-order valence-corrected chi connectivity index (χ4v) is 3.49. The molecule has 0 saturated carbocycles. The summed E-state index contributed by atoms with van der Waals surface area (Å²) in [6.45, 7) is 5.02. The molecule has 1 aliphatic rings. The lowest BCUT2D eigenvalue weighted by molar-refractivity contribution is 0.0954. The molecule has 2 rings (SSSR count). The molecule has 0 aromatic heterocycles. The summed E-state index contributed by atoms with van der Waals surface area (Å²) in [5.74, 6) is -0.218. The number of hydrogen-bond donors (Lipinski definition) is 3. The first kappa shape index (κ1) is 18.9. The van der Waals surface area contributed by atoms with Crippen LogP contribution in [-0.4, -0.2) is 53.2 Å². The monoisotopic (exact) mass is 355 g/mol. The Hall–Kier alpha value is -1.48. The number of carbonyl (C=O) groups is 1. The zero-order valence-corrected chi connectivity index (χ0v) is 14.7. The van der Waals surface area contributed by atoms with Gasteiger partial charge in [-0.2, -0.15) is 0 Å². The Morgan fingerprint density at radius 2 is 2.00 bits per heavy atom. The highest BCUT2D eigenvalue weighted by molar-refractivity contribution is 7.89. The van der Waals surface area contributed by atoms with Crippen molar-refractivity contribution in [1.29, 1.82) is 0 Å². The van der Waals surface area contributed by atoms with Gasteiger partial charge < -0.3 is 15.4 Å². The molecule has 1 fully saturated rings. The van der Waals surface area contributed by atoms with E-state index >= 15 is 0 Å². The molecule has 1 atom stereocenters. The first-order chi connectivity index (χ1) is 11.5. The van der Waals surface area contributed by atoms with E-state index in [0.29, 0.717) is 25.3 Å². The zero-order chi connectivity index (χ0) is 17.4. The summed E-state index contributed by atoms with van der Waals surface area (Å²) in [5.41, 5.74) is 0.435. The molecule has 134 valence electrons. The van der Waals surface area contributed by atoms with Crippen LogP contribution in [0.4, 0.5) is 0 Å². The molecule has 0 aliphatic carbocycles. The van der Waals surface area contributed by atoms with Crippen LogP contribution < -0.4 is 15.4 Å². The topological polar surface area (TPSA) is 96.5 Å². The lowest BCUT2D eigenvalue weighted by Crippen LogP contribution is -2.32. The van der Waals surface area contributed by atoms with Crippen molar-refractivity contribution in [3.8, 4) is 0 Å². The largest absolute Gasteiger partial charge is 0.377 e. The average Bonchev–Trinajstić information content (AvgIpc) is 3.10. The molecule has 1 aromatic rings. The van der Waals surface area contributed by atoms with E-state index in [2.05, 4.69) is 15.4 Å². The van der Waals surface area contributed by atoms with Crippen LogP contribution >= 0.6 is 0 Å². The molecule has 8 heteroatoms. The van der Waals surface area contributed by atoms with E-state index in [1.807, 2.05) is 6.92 Å². The molecule has 0 radical (unpaired) electrons. The Bertz CT molecular complexity index is 625. The summed E-state index contributed by atoms with van der Waals surface area (Å²) < 4.78 is 32.4. The van der Waals surface area contributed by atoms with Gasteiger partial charge in [0.1, 0.15) is 0 Å². The van der Waals surface area contributed by atoms with E-state index in [4.69, 9.17) is 4.74 Å². The van der Waals surface area contributed by atoms with Gasteiger partial charge >= 0.3 is 0 Å². The molecule has 1 aliphatic heterocycles. The summed E-state index contributed by atoms with van der Waals surface area (Å²) in [6.07, 6.45) is 1.78. The van der Waals surface area contributed by atoms with Gasteiger partial charge in [-0.3, -0.25) is 4.79 Å². The number of likely N-dealkylation sites (N-methyl/N-ethyl adjacent to an activating group) is 1. The quantitative estimate of drug-likeness (QED) is 0.560. The molecule has 1 amide bonds. The van der Waals surface area contributed by atoms with E-state index in [1.165, 1.54) is 24.3 Å². The number of nitrogens with one attached hydrogen (secondary N) is 3. The van der Waals surface area contributed by atoms with E-state index < -0.39 is 10.0 Å². The van der Waals surface area contributed by atoms with Gasteiger partial charge in [0.25, 0.3) is 5.91 Å². The number of hydrogen-bond acceptors (Lipinski definition) is 5. The summed E-state index contributed by atoms with van der Waals surface area (Å²) in [7, 11) is -3.59. The SMILES string of the molecule is CCNCCNC(=O)c1ccc(S(=O)(=O)NCC2CCCO2)cc1. The van der Waals surface area contributed by atoms with Crippen molar-refractivity contribution in [2.45, 2.75) is 30.8 Å². The predicted molar refractivity (Wildman–Crippen MR) is 91.5 cm³/mol. The molecular weight excluding hydrogens is 330 g/mol. The van der Waals surface area contributed by atoms with Crippen molar-refractivity contribution in [1.82, 2.24) is 15.4 Å². The number of sulfonamides is 1. The van der Waals surface area contributed by atoms with Crippen molar-refractivity contribution < 1.29 is 17.9 Å². The Kier molecular flexibility index (Phi) is 7.16. The van der Waals surface area contributed by atoms with Gasteiger partial charge in [0.05, 0.1) is 11.0 Å². The molecule has 3 N–H and O–H groups in total. The highest BCUT2D eigenvalue weighted by atomic mass is 32.2. The summed E-state index contributed by atoms with van der Waals surface area (Å²) >= 11 is 0. The minimum Gasteiger partial charge on any atom is -0.377 e. The summed E-state index contributed by atoms with van der Waals surface area (Å²) in [5, 5.41) is 5.88. The van der Waals surface area contributed by atoms with Crippen LogP contribution in [0.25, 0.3) is 0 Å². The third-order valence-corrected chi connectivity index (χ3v) is 5.23. The molecule has 0 bridgehead atoms. The Morgan fingerprint density at radius 3 is 2.62 bits per heavy atom. The maximum absolute atomic E-state index is 12.2. The van der Waals surface area contributed by atoms with Gasteiger partial charge in [-0.1, -0.05) is 6.92 Å². The zero-order valence-electron chi connectivity index (χ0n) is 13.9. The van der Waals surface area contributed by atoms with Crippen molar-refractivity contribution >= 4 is 15.9 Å². The number of amides is 1. The molecule has 24 heavy (non-hydrogen) atoms. The van der Waals surface area contributed by atoms with Gasteiger partial charge in [0.2, 0.25) is 10.0 Å². The minimum absolute atomic E-state index is 0.0541. The minimum atomic E-state index is -3.59. The Morgan fingerprint density at radius 1 is 1.25 bits per heavy atom. The molecule has 1 aromatic carbocycles. The first-order valence-electron chi connectivity index (χ1n) is 8.23. The molecule has 1 unspecified atom stereocenters. The van der Waals surface area contributed by atoms with Gasteiger partial charge in [-0.15, -0.1) is 0 Å². The fourth-order valence-electron chi connectivity index (χ4n) is 2.42. The summed E-state index contributed by atoms with van der Waals surface area (Å²) in [6, 6.07) is 5.92. The van der Waals surface area contributed by atoms with Crippen LogP contribution in [0.15, 0.2) is 29.2 Å². The maximum Gasteiger partial charge on any atom is 0.251 e. The maximum atomic E-state index is 12.2. The van der Waals surface area contributed by atoms with Gasteiger partial charge in [0, 0.05) is 31.8 Å². The number of rotatable bonds is 9. The average molecular weight is 355 g/mol. The first-order valence-corrected chi connectivity index (χ1v) is 9.71. The third-order valence-electron chi connectivity index (χ3n) is 3.79. The van der Waals surface area contributed by atoms with Crippen molar-refractivity contribution in [2.24, 2.45) is 0 Å². The second-order valence-corrected chi connectivity index (χ2v) is 7.39. The number of ether oxygens (including phenoxy) is 1. The molecule has 7 nitrogen and oxygen atoms in total. The van der Waals surface area contributed by atoms with Crippen molar-refractivity contribution in [3.05, 3.63) is 29.8 Å². The molecule has 1 heterocycles. The lowest BCUT2D eigenvalue weighted by atomic mass is 10.2. The highest BCUT2D eigenvalue weighted by Crippen LogP contribution is 2.14. The van der Waals surface area contributed by atoms with E-state index in [9.17, 15) is 13.2 Å². The predicted octanol–water partition coefficient (Wildman–Crippen LogP) is 0.483. The Balaban J connectivity index is 1.88. The number of benzene rings is 1. The van der Waals surface area contributed by atoms with E-state index in [1.54, 1.807) is 0 Å². The van der Waals surface area contributed by atoms with E-state index in [0.717, 1.165) is 19.4 Å². The van der Waals surface area contributed by atoms with Crippen LogP contribution in [0.5, 0.6) is 0 Å². The summed E-state index contributed by atoms with van der Waals surface area (Å²) in [4.78, 5) is 12.1. The molecule has 1 saturated heterocycles. The van der Waals surface area contributed by atoms with Crippen molar-refractivity contribution in [3.63, 3.8) is 0 Å². The normalized spacial score (nSPS) is 17.8. The third kappa shape index (κ3) is 5.55. The van der Waals surface area contributed by atoms with Gasteiger partial charge in [-0.05, 0) is 43.7 Å². The molecular formula is C16H25N3O4S. The van der Waals surface area contributed by atoms with Crippen LogP contribution in [0.1, 0.15) is 30.1 Å². The Labute approximate surface area is 143 Å². The van der Waals surface area contributed by atoms with Crippen LogP contribution in [0.3, 0.4) is 0 Å². The second-order valence-electron chi connectivity index (χ2n) is 5.62. The van der Waals surface area contributed by atoms with Crippen LogP contribution in [0, 0.1) is 0 Å². The second kappa shape index (κ2) is 9.12. The van der Waals surface area contributed by atoms with Gasteiger partial charge in [-0.25, -0.2) is 13.1 Å². The van der Waals surface area contributed by atoms with Gasteiger partial charge in [0.15, 0.2) is 0 Å². The smallest absolute Gasteiger partial charge is 0.251 e. The van der Waals surface area contributed by atoms with Crippen molar-refractivity contribution in [2.75, 3.05) is 32.8 Å². The van der Waals surface area contributed by atoms with E-state index in [-0.39, 0.29) is 23.5 Å².